The topological polar surface area (TPSA) is 85.8 Å². The number of carbonyl (C=O) groups is 1. The molecule has 2 aromatic heterocycles. The highest BCUT2D eigenvalue weighted by atomic mass is 16.4. The van der Waals surface area contributed by atoms with Crippen molar-refractivity contribution in [1.29, 1.82) is 0 Å². The highest BCUT2D eigenvalue weighted by Crippen LogP contribution is 2.09. The van der Waals surface area contributed by atoms with Gasteiger partial charge in [0.2, 0.25) is 0 Å². The van der Waals surface area contributed by atoms with Crippen molar-refractivity contribution in [3.63, 3.8) is 0 Å². The maximum absolute atomic E-state index is 10.6. The highest BCUT2D eigenvalue weighted by Gasteiger charge is 2.06. The van der Waals surface area contributed by atoms with Crippen molar-refractivity contribution in [3.05, 3.63) is 60.2 Å². The summed E-state index contributed by atoms with van der Waals surface area (Å²) >= 11 is 0. The van der Waals surface area contributed by atoms with Crippen LogP contribution in [0, 0.1) is 0 Å². The number of carboxylic acids is 1. The molecule has 0 bridgehead atoms. The SMILES string of the molecule is O=C(O)Cc1cn(Cc2ccc(-n3cccn3)cc2)nn1. The highest BCUT2D eigenvalue weighted by molar-refractivity contribution is 5.69. The van der Waals surface area contributed by atoms with Gasteiger partial charge in [0.1, 0.15) is 0 Å². The molecule has 0 radical (unpaired) electrons. The molecule has 0 spiro atoms. The van der Waals surface area contributed by atoms with Crippen molar-refractivity contribution in [2.75, 3.05) is 0 Å². The van der Waals surface area contributed by atoms with Gasteiger partial charge in [0, 0.05) is 18.6 Å². The van der Waals surface area contributed by atoms with Crippen molar-refractivity contribution in [2.45, 2.75) is 13.0 Å². The zero-order valence-corrected chi connectivity index (χ0v) is 11.1. The van der Waals surface area contributed by atoms with E-state index < -0.39 is 5.97 Å². The summed E-state index contributed by atoms with van der Waals surface area (Å²) < 4.78 is 3.41. The van der Waals surface area contributed by atoms with E-state index in [-0.39, 0.29) is 6.42 Å². The van der Waals surface area contributed by atoms with Gasteiger partial charge in [-0.25, -0.2) is 9.36 Å². The van der Waals surface area contributed by atoms with E-state index >= 15 is 0 Å². The molecular formula is C14H13N5O2. The smallest absolute Gasteiger partial charge is 0.309 e. The summed E-state index contributed by atoms with van der Waals surface area (Å²) in [5.41, 5.74) is 2.49. The van der Waals surface area contributed by atoms with Gasteiger partial charge < -0.3 is 5.11 Å². The predicted molar refractivity (Wildman–Crippen MR) is 74.0 cm³/mol. The molecule has 0 atom stereocenters. The minimum Gasteiger partial charge on any atom is -0.481 e. The molecule has 3 aromatic rings. The van der Waals surface area contributed by atoms with E-state index in [1.165, 1.54) is 0 Å². The Bertz CT molecular complexity index is 731. The predicted octanol–water partition coefficient (Wildman–Crippen LogP) is 1.14. The first-order valence-electron chi connectivity index (χ1n) is 6.40. The van der Waals surface area contributed by atoms with Gasteiger partial charge in [-0.05, 0) is 23.8 Å². The molecule has 0 unspecified atom stereocenters. The first kappa shape index (κ1) is 13.0. The molecule has 106 valence electrons. The van der Waals surface area contributed by atoms with E-state index in [2.05, 4.69) is 15.4 Å². The Balaban J connectivity index is 1.70. The summed E-state index contributed by atoms with van der Waals surface area (Å²) in [5.74, 6) is -0.911. The van der Waals surface area contributed by atoms with Crippen LogP contribution in [0.5, 0.6) is 0 Å². The summed E-state index contributed by atoms with van der Waals surface area (Å²) in [5, 5.41) is 20.6. The van der Waals surface area contributed by atoms with E-state index in [4.69, 9.17) is 5.11 Å². The van der Waals surface area contributed by atoms with Crippen LogP contribution in [0.25, 0.3) is 5.69 Å². The van der Waals surface area contributed by atoms with Crippen LogP contribution >= 0.6 is 0 Å². The largest absolute Gasteiger partial charge is 0.481 e. The molecule has 0 aliphatic carbocycles. The van der Waals surface area contributed by atoms with Crippen LogP contribution in [0.2, 0.25) is 0 Å². The molecule has 0 aliphatic rings. The summed E-state index contributed by atoms with van der Waals surface area (Å²) in [6, 6.07) is 9.77. The monoisotopic (exact) mass is 283 g/mol. The Kier molecular flexibility index (Phi) is 3.46. The molecule has 0 aliphatic heterocycles. The average Bonchev–Trinajstić information content (AvgIpc) is 3.11. The molecule has 7 heteroatoms. The standard InChI is InChI=1S/C14H13N5O2/c20-14(21)8-12-10-18(17-16-12)9-11-2-4-13(5-3-11)19-7-1-6-15-19/h1-7,10H,8-9H2,(H,20,21). The zero-order chi connectivity index (χ0) is 14.7. The van der Waals surface area contributed by atoms with Gasteiger partial charge in [-0.3, -0.25) is 4.79 Å². The number of carboxylic acid groups (broad SMARTS) is 1. The second-order valence-corrected chi connectivity index (χ2v) is 4.60. The molecule has 0 amide bonds. The maximum atomic E-state index is 10.6. The maximum Gasteiger partial charge on any atom is 0.309 e. The molecule has 7 nitrogen and oxygen atoms in total. The minimum absolute atomic E-state index is 0.113. The Morgan fingerprint density at radius 1 is 1.24 bits per heavy atom. The summed E-state index contributed by atoms with van der Waals surface area (Å²) in [7, 11) is 0. The second-order valence-electron chi connectivity index (χ2n) is 4.60. The molecule has 2 heterocycles. The fraction of sp³-hybridized carbons (Fsp3) is 0.143. The lowest BCUT2D eigenvalue weighted by Gasteiger charge is -2.04. The third-order valence-corrected chi connectivity index (χ3v) is 2.97. The van der Waals surface area contributed by atoms with Gasteiger partial charge in [-0.1, -0.05) is 17.3 Å². The quantitative estimate of drug-likeness (QED) is 0.759. The van der Waals surface area contributed by atoms with Crippen LogP contribution < -0.4 is 0 Å². The summed E-state index contributed by atoms with van der Waals surface area (Å²) in [4.78, 5) is 10.6. The minimum atomic E-state index is -0.911. The van der Waals surface area contributed by atoms with E-state index in [9.17, 15) is 4.79 Å². The molecule has 0 saturated carbocycles. The van der Waals surface area contributed by atoms with Crippen molar-refractivity contribution in [3.8, 4) is 5.69 Å². The number of hydrogen-bond donors (Lipinski definition) is 1. The number of nitrogens with zero attached hydrogens (tertiary/aromatic N) is 5. The summed E-state index contributed by atoms with van der Waals surface area (Å²) in [6.45, 7) is 0.548. The Hall–Kier alpha value is -2.96. The number of aliphatic carboxylic acids is 1. The first-order valence-corrected chi connectivity index (χ1v) is 6.40. The van der Waals surface area contributed by atoms with E-state index in [0.29, 0.717) is 12.2 Å². The fourth-order valence-electron chi connectivity index (χ4n) is 2.01. The van der Waals surface area contributed by atoms with Gasteiger partial charge in [-0.2, -0.15) is 5.10 Å². The zero-order valence-electron chi connectivity index (χ0n) is 11.1. The fourth-order valence-corrected chi connectivity index (χ4v) is 2.01. The van der Waals surface area contributed by atoms with Crippen molar-refractivity contribution >= 4 is 5.97 Å². The van der Waals surface area contributed by atoms with Gasteiger partial charge >= 0.3 is 5.97 Å². The second kappa shape index (κ2) is 5.58. The molecule has 1 N–H and O–H groups in total. The Morgan fingerprint density at radius 3 is 2.71 bits per heavy atom. The van der Waals surface area contributed by atoms with Gasteiger partial charge in [0.15, 0.2) is 0 Å². The van der Waals surface area contributed by atoms with Crippen molar-refractivity contribution in [2.24, 2.45) is 0 Å². The third kappa shape index (κ3) is 3.14. The van der Waals surface area contributed by atoms with E-state index in [0.717, 1.165) is 11.3 Å². The average molecular weight is 283 g/mol. The van der Waals surface area contributed by atoms with Gasteiger partial charge in [0.05, 0.1) is 24.3 Å². The van der Waals surface area contributed by atoms with Crippen molar-refractivity contribution < 1.29 is 9.90 Å². The lowest BCUT2D eigenvalue weighted by atomic mass is 10.2. The van der Waals surface area contributed by atoms with Crippen LogP contribution in [-0.2, 0) is 17.8 Å². The van der Waals surface area contributed by atoms with Gasteiger partial charge in [0.25, 0.3) is 0 Å². The number of rotatable bonds is 5. The third-order valence-electron chi connectivity index (χ3n) is 2.97. The molecular weight excluding hydrogens is 270 g/mol. The molecule has 1 aromatic carbocycles. The molecule has 3 rings (SSSR count). The Morgan fingerprint density at radius 2 is 2.05 bits per heavy atom. The van der Waals surface area contributed by atoms with E-state index in [1.807, 2.05) is 36.5 Å². The van der Waals surface area contributed by atoms with Crippen LogP contribution in [0.3, 0.4) is 0 Å². The van der Waals surface area contributed by atoms with Crippen LogP contribution in [0.4, 0.5) is 0 Å². The van der Waals surface area contributed by atoms with Gasteiger partial charge in [-0.15, -0.1) is 5.10 Å². The molecule has 21 heavy (non-hydrogen) atoms. The van der Waals surface area contributed by atoms with Crippen molar-refractivity contribution in [1.82, 2.24) is 24.8 Å². The Labute approximate surface area is 120 Å². The lowest BCUT2D eigenvalue weighted by Crippen LogP contribution is -2.01. The first-order chi connectivity index (χ1) is 10.2. The lowest BCUT2D eigenvalue weighted by molar-refractivity contribution is -0.136. The molecule has 0 saturated heterocycles. The normalized spacial score (nSPS) is 10.7. The van der Waals surface area contributed by atoms with Crippen LogP contribution in [0.15, 0.2) is 48.9 Å². The summed E-state index contributed by atoms with van der Waals surface area (Å²) in [6.07, 6.45) is 5.14. The number of hydrogen-bond acceptors (Lipinski definition) is 4. The molecule has 0 fully saturated rings. The van der Waals surface area contributed by atoms with E-state index in [1.54, 1.807) is 21.8 Å². The number of aromatic nitrogens is 5. The van der Waals surface area contributed by atoms with Crippen LogP contribution in [-0.4, -0.2) is 35.9 Å². The van der Waals surface area contributed by atoms with Crippen LogP contribution in [0.1, 0.15) is 11.3 Å². The number of benzene rings is 1.